The second kappa shape index (κ2) is 4.88. The van der Waals surface area contributed by atoms with Gasteiger partial charge in [0.1, 0.15) is 12.1 Å². The molecule has 0 aliphatic heterocycles. The van der Waals surface area contributed by atoms with Gasteiger partial charge in [0.2, 0.25) is 0 Å². The molecule has 0 amide bonds. The van der Waals surface area contributed by atoms with E-state index >= 15 is 0 Å². The van der Waals surface area contributed by atoms with Crippen molar-refractivity contribution in [1.82, 2.24) is 9.97 Å². The van der Waals surface area contributed by atoms with Gasteiger partial charge in [-0.3, -0.25) is 0 Å². The van der Waals surface area contributed by atoms with Gasteiger partial charge in [-0.15, -0.1) is 0 Å². The Balaban J connectivity index is 1.87. The zero-order chi connectivity index (χ0) is 13.2. The number of fused-ring (bicyclic) bond motifs is 1. The van der Waals surface area contributed by atoms with Crippen molar-refractivity contribution in [2.45, 2.75) is 25.8 Å². The maximum absolute atomic E-state index is 6.00. The topological polar surface area (TPSA) is 55.0 Å². The van der Waals surface area contributed by atoms with E-state index in [4.69, 9.17) is 5.73 Å². The summed E-state index contributed by atoms with van der Waals surface area (Å²) in [5, 5.41) is 0. The fourth-order valence-electron chi connectivity index (χ4n) is 2.68. The summed E-state index contributed by atoms with van der Waals surface area (Å²) in [6.45, 7) is 0.774. The van der Waals surface area contributed by atoms with Crippen molar-refractivity contribution in [1.29, 1.82) is 0 Å². The summed E-state index contributed by atoms with van der Waals surface area (Å²) in [6, 6.07) is 7.98. The van der Waals surface area contributed by atoms with Crippen LogP contribution in [0.1, 0.15) is 23.2 Å². The molecule has 0 spiro atoms. The molecule has 0 fully saturated rings. The van der Waals surface area contributed by atoms with E-state index in [1.807, 2.05) is 18.2 Å². The molecular formula is C15H18N4. The SMILES string of the molecule is CN(Cc1ccccc1N)c1ncnc2c1CCC2. The zero-order valence-corrected chi connectivity index (χ0v) is 11.1. The van der Waals surface area contributed by atoms with E-state index in [0.717, 1.165) is 36.5 Å². The third-order valence-corrected chi connectivity index (χ3v) is 3.68. The molecule has 0 radical (unpaired) electrons. The van der Waals surface area contributed by atoms with E-state index in [0.29, 0.717) is 0 Å². The number of rotatable bonds is 3. The van der Waals surface area contributed by atoms with Crippen LogP contribution in [0.25, 0.3) is 0 Å². The molecule has 1 aliphatic rings. The van der Waals surface area contributed by atoms with Gasteiger partial charge in [-0.1, -0.05) is 18.2 Å². The number of hydrogen-bond donors (Lipinski definition) is 1. The first kappa shape index (κ1) is 12.0. The molecule has 1 aromatic heterocycles. The summed E-state index contributed by atoms with van der Waals surface area (Å²) in [5.74, 6) is 1.05. The third-order valence-electron chi connectivity index (χ3n) is 3.68. The maximum atomic E-state index is 6.00. The Morgan fingerprint density at radius 1 is 1.21 bits per heavy atom. The van der Waals surface area contributed by atoms with Crippen LogP contribution in [-0.2, 0) is 19.4 Å². The van der Waals surface area contributed by atoms with Gasteiger partial charge < -0.3 is 10.6 Å². The average molecular weight is 254 g/mol. The molecule has 0 saturated heterocycles. The van der Waals surface area contributed by atoms with Gasteiger partial charge >= 0.3 is 0 Å². The molecule has 1 heterocycles. The van der Waals surface area contributed by atoms with Crippen LogP contribution in [0.2, 0.25) is 0 Å². The standard InChI is InChI=1S/C15H18N4/c1-19(9-11-5-2-3-7-13(11)16)15-12-6-4-8-14(12)17-10-18-15/h2-3,5,7,10H,4,6,8-9,16H2,1H3. The number of nitrogens with zero attached hydrogens (tertiary/aromatic N) is 3. The van der Waals surface area contributed by atoms with Crippen LogP contribution < -0.4 is 10.6 Å². The lowest BCUT2D eigenvalue weighted by molar-refractivity contribution is 0.872. The number of hydrogen-bond acceptors (Lipinski definition) is 4. The number of anilines is 2. The number of nitrogens with two attached hydrogens (primary N) is 1. The normalized spacial score (nSPS) is 13.3. The highest BCUT2D eigenvalue weighted by atomic mass is 15.2. The van der Waals surface area contributed by atoms with Crippen molar-refractivity contribution in [3.63, 3.8) is 0 Å². The molecule has 1 aliphatic carbocycles. The van der Waals surface area contributed by atoms with Crippen molar-refractivity contribution in [2.75, 3.05) is 17.7 Å². The smallest absolute Gasteiger partial charge is 0.135 e. The summed E-state index contributed by atoms with van der Waals surface area (Å²) >= 11 is 0. The highest BCUT2D eigenvalue weighted by Gasteiger charge is 2.19. The minimum atomic E-state index is 0.774. The minimum absolute atomic E-state index is 0.774. The van der Waals surface area contributed by atoms with Crippen LogP contribution in [0.15, 0.2) is 30.6 Å². The maximum Gasteiger partial charge on any atom is 0.135 e. The van der Waals surface area contributed by atoms with E-state index in [-0.39, 0.29) is 0 Å². The first-order chi connectivity index (χ1) is 9.25. The Morgan fingerprint density at radius 2 is 2.05 bits per heavy atom. The lowest BCUT2D eigenvalue weighted by Crippen LogP contribution is -2.20. The lowest BCUT2D eigenvalue weighted by atomic mass is 10.1. The molecule has 4 nitrogen and oxygen atoms in total. The first-order valence-electron chi connectivity index (χ1n) is 6.63. The summed E-state index contributed by atoms with van der Waals surface area (Å²) in [4.78, 5) is 11.0. The van der Waals surface area contributed by atoms with Crippen LogP contribution in [0, 0.1) is 0 Å². The molecule has 2 N–H and O–H groups in total. The van der Waals surface area contributed by atoms with Crippen molar-refractivity contribution in [3.8, 4) is 0 Å². The fourth-order valence-corrected chi connectivity index (χ4v) is 2.68. The number of nitrogen functional groups attached to an aromatic ring is 1. The lowest BCUT2D eigenvalue weighted by Gasteiger charge is -2.21. The largest absolute Gasteiger partial charge is 0.398 e. The Labute approximate surface area is 113 Å². The van der Waals surface area contributed by atoms with Crippen molar-refractivity contribution in [3.05, 3.63) is 47.4 Å². The molecule has 0 saturated carbocycles. The molecule has 3 rings (SSSR count). The number of para-hydroxylation sites is 1. The Bertz CT molecular complexity index is 594. The van der Waals surface area contributed by atoms with E-state index in [1.54, 1.807) is 6.33 Å². The Hall–Kier alpha value is -2.10. The zero-order valence-electron chi connectivity index (χ0n) is 11.1. The van der Waals surface area contributed by atoms with Crippen molar-refractivity contribution >= 4 is 11.5 Å². The van der Waals surface area contributed by atoms with Gasteiger partial charge in [0.15, 0.2) is 0 Å². The molecule has 2 aromatic rings. The highest BCUT2D eigenvalue weighted by molar-refractivity contribution is 5.53. The minimum Gasteiger partial charge on any atom is -0.398 e. The van der Waals surface area contributed by atoms with E-state index in [9.17, 15) is 0 Å². The van der Waals surface area contributed by atoms with Gasteiger partial charge in [0.05, 0.1) is 0 Å². The molecule has 0 unspecified atom stereocenters. The quantitative estimate of drug-likeness (QED) is 0.853. The van der Waals surface area contributed by atoms with Gasteiger partial charge in [0.25, 0.3) is 0 Å². The summed E-state index contributed by atoms with van der Waals surface area (Å²) in [5.41, 5.74) is 10.5. The third kappa shape index (κ3) is 2.26. The molecule has 19 heavy (non-hydrogen) atoms. The van der Waals surface area contributed by atoms with Gasteiger partial charge in [-0.2, -0.15) is 0 Å². The summed E-state index contributed by atoms with van der Waals surface area (Å²) in [7, 11) is 2.06. The molecular weight excluding hydrogens is 236 g/mol. The first-order valence-corrected chi connectivity index (χ1v) is 6.63. The van der Waals surface area contributed by atoms with E-state index in [1.165, 1.54) is 17.7 Å². The monoisotopic (exact) mass is 254 g/mol. The second-order valence-corrected chi connectivity index (χ2v) is 5.03. The second-order valence-electron chi connectivity index (χ2n) is 5.03. The average Bonchev–Trinajstić information content (AvgIpc) is 2.89. The molecule has 4 heteroatoms. The summed E-state index contributed by atoms with van der Waals surface area (Å²) < 4.78 is 0. The highest BCUT2D eigenvalue weighted by Crippen LogP contribution is 2.28. The number of aromatic nitrogens is 2. The van der Waals surface area contributed by atoms with Crippen molar-refractivity contribution in [2.24, 2.45) is 0 Å². The van der Waals surface area contributed by atoms with Crippen molar-refractivity contribution < 1.29 is 0 Å². The molecule has 98 valence electrons. The van der Waals surface area contributed by atoms with Crippen LogP contribution in [0.4, 0.5) is 11.5 Å². The van der Waals surface area contributed by atoms with Crippen LogP contribution in [-0.4, -0.2) is 17.0 Å². The predicted octanol–water partition coefficient (Wildman–Crippen LogP) is 2.18. The molecule has 1 aromatic carbocycles. The fraction of sp³-hybridized carbons (Fsp3) is 0.333. The van der Waals surface area contributed by atoms with E-state index in [2.05, 4.69) is 28.0 Å². The van der Waals surface area contributed by atoms with Crippen LogP contribution >= 0.6 is 0 Å². The number of aryl methyl sites for hydroxylation is 1. The van der Waals surface area contributed by atoms with Gasteiger partial charge in [-0.25, -0.2) is 9.97 Å². The Kier molecular flexibility index (Phi) is 3.07. The summed E-state index contributed by atoms with van der Waals surface area (Å²) in [6.07, 6.45) is 5.01. The molecule has 0 bridgehead atoms. The predicted molar refractivity (Wildman–Crippen MR) is 77.0 cm³/mol. The van der Waals surface area contributed by atoms with Gasteiger partial charge in [-0.05, 0) is 30.9 Å². The van der Waals surface area contributed by atoms with Crippen LogP contribution in [0.3, 0.4) is 0 Å². The van der Waals surface area contributed by atoms with E-state index < -0.39 is 0 Å². The molecule has 0 atom stereocenters. The van der Waals surface area contributed by atoms with Gasteiger partial charge in [0, 0.05) is 30.5 Å². The Morgan fingerprint density at radius 3 is 2.89 bits per heavy atom. The van der Waals surface area contributed by atoms with Crippen LogP contribution in [0.5, 0.6) is 0 Å². The number of benzene rings is 1.